The summed E-state index contributed by atoms with van der Waals surface area (Å²) in [5.74, 6) is 2.74. The summed E-state index contributed by atoms with van der Waals surface area (Å²) in [4.78, 5) is 12.3. The summed E-state index contributed by atoms with van der Waals surface area (Å²) >= 11 is 5.97. The molecule has 1 aromatic rings. The fourth-order valence-electron chi connectivity index (χ4n) is 5.56. The van der Waals surface area contributed by atoms with E-state index in [4.69, 9.17) is 11.6 Å². The van der Waals surface area contributed by atoms with Crippen LogP contribution in [-0.4, -0.2) is 18.0 Å². The summed E-state index contributed by atoms with van der Waals surface area (Å²) in [7, 11) is 0. The SMILES string of the molecule is Cc1cc(Cl)ccc1NC(=O)CNC12CC3CC(CC(C3)C1)C2. The van der Waals surface area contributed by atoms with Crippen molar-refractivity contribution in [3.63, 3.8) is 0 Å². The van der Waals surface area contributed by atoms with E-state index in [-0.39, 0.29) is 11.4 Å². The lowest BCUT2D eigenvalue weighted by Crippen LogP contribution is -2.59. The number of hydrogen-bond acceptors (Lipinski definition) is 2. The van der Waals surface area contributed by atoms with Crippen LogP contribution in [0.1, 0.15) is 44.1 Å². The van der Waals surface area contributed by atoms with Gasteiger partial charge in [-0.15, -0.1) is 0 Å². The molecule has 4 bridgehead atoms. The van der Waals surface area contributed by atoms with Gasteiger partial charge in [0.15, 0.2) is 0 Å². The number of nitrogens with one attached hydrogen (secondary N) is 2. The molecule has 0 atom stereocenters. The topological polar surface area (TPSA) is 41.1 Å². The Morgan fingerprint density at radius 3 is 2.35 bits per heavy atom. The standard InChI is InChI=1S/C19H25ClN2O/c1-12-4-16(20)2-3-17(12)22-18(23)11-21-19-8-13-5-14(9-19)7-15(6-13)10-19/h2-4,13-15,21H,5-11H2,1H3,(H,22,23). The van der Waals surface area contributed by atoms with E-state index in [0.717, 1.165) is 29.0 Å². The minimum absolute atomic E-state index is 0.0474. The predicted molar refractivity (Wildman–Crippen MR) is 93.7 cm³/mol. The van der Waals surface area contributed by atoms with Gasteiger partial charge in [0.05, 0.1) is 6.54 Å². The highest BCUT2D eigenvalue weighted by Crippen LogP contribution is 2.55. The average molecular weight is 333 g/mol. The monoisotopic (exact) mass is 332 g/mol. The van der Waals surface area contributed by atoms with E-state index in [9.17, 15) is 4.79 Å². The van der Waals surface area contributed by atoms with Gasteiger partial charge >= 0.3 is 0 Å². The molecule has 0 aliphatic heterocycles. The van der Waals surface area contributed by atoms with E-state index in [1.807, 2.05) is 25.1 Å². The van der Waals surface area contributed by atoms with Gasteiger partial charge < -0.3 is 10.6 Å². The number of carbonyl (C=O) groups excluding carboxylic acids is 1. The number of hydrogen-bond donors (Lipinski definition) is 2. The lowest BCUT2D eigenvalue weighted by atomic mass is 9.53. The highest BCUT2D eigenvalue weighted by Gasteiger charge is 2.50. The number of aryl methyl sites for hydroxylation is 1. The lowest BCUT2D eigenvalue weighted by molar-refractivity contribution is -0.116. The van der Waals surface area contributed by atoms with Crippen LogP contribution in [0, 0.1) is 24.7 Å². The van der Waals surface area contributed by atoms with Crippen molar-refractivity contribution in [2.45, 2.75) is 51.0 Å². The molecule has 124 valence electrons. The van der Waals surface area contributed by atoms with E-state index in [1.165, 1.54) is 38.5 Å². The molecular weight excluding hydrogens is 308 g/mol. The van der Waals surface area contributed by atoms with E-state index >= 15 is 0 Å². The largest absolute Gasteiger partial charge is 0.325 e. The zero-order valence-electron chi connectivity index (χ0n) is 13.7. The molecule has 1 amide bonds. The molecule has 1 aromatic carbocycles. The molecule has 0 saturated heterocycles. The first-order valence-electron chi connectivity index (χ1n) is 8.82. The second-order valence-electron chi connectivity index (χ2n) is 8.06. The van der Waals surface area contributed by atoms with Crippen LogP contribution < -0.4 is 10.6 Å². The maximum absolute atomic E-state index is 12.3. The van der Waals surface area contributed by atoms with Gasteiger partial charge in [-0.3, -0.25) is 4.79 Å². The van der Waals surface area contributed by atoms with Crippen LogP contribution in [0.4, 0.5) is 5.69 Å². The zero-order chi connectivity index (χ0) is 16.0. The van der Waals surface area contributed by atoms with Gasteiger partial charge in [-0.25, -0.2) is 0 Å². The Bertz CT molecular complexity index is 593. The molecule has 4 fully saturated rings. The summed E-state index contributed by atoms with van der Waals surface area (Å²) in [6, 6.07) is 5.57. The lowest BCUT2D eigenvalue weighted by Gasteiger charge is -2.57. The van der Waals surface area contributed by atoms with Crippen molar-refractivity contribution in [2.24, 2.45) is 17.8 Å². The smallest absolute Gasteiger partial charge is 0.238 e. The van der Waals surface area contributed by atoms with Gasteiger partial charge in [0.25, 0.3) is 0 Å². The molecule has 4 aliphatic rings. The fraction of sp³-hybridized carbons (Fsp3) is 0.632. The number of amides is 1. The molecule has 5 rings (SSSR count). The molecule has 0 unspecified atom stereocenters. The molecule has 4 aliphatic carbocycles. The number of carbonyl (C=O) groups is 1. The summed E-state index contributed by atoms with van der Waals surface area (Å²) in [6.07, 6.45) is 8.09. The van der Waals surface area contributed by atoms with Crippen molar-refractivity contribution in [1.82, 2.24) is 5.32 Å². The summed E-state index contributed by atoms with van der Waals surface area (Å²) < 4.78 is 0. The maximum Gasteiger partial charge on any atom is 0.238 e. The van der Waals surface area contributed by atoms with Crippen LogP contribution in [0.15, 0.2) is 18.2 Å². The van der Waals surface area contributed by atoms with Crippen LogP contribution in [0.2, 0.25) is 5.02 Å². The molecule has 4 heteroatoms. The molecule has 0 heterocycles. The minimum atomic E-state index is 0.0474. The van der Waals surface area contributed by atoms with Crippen molar-refractivity contribution in [3.05, 3.63) is 28.8 Å². The number of halogens is 1. The molecule has 23 heavy (non-hydrogen) atoms. The van der Waals surface area contributed by atoms with Gasteiger partial charge in [-0.1, -0.05) is 11.6 Å². The van der Waals surface area contributed by atoms with Gasteiger partial charge in [-0.2, -0.15) is 0 Å². The minimum Gasteiger partial charge on any atom is -0.325 e. The van der Waals surface area contributed by atoms with Crippen LogP contribution in [0.3, 0.4) is 0 Å². The fourth-order valence-corrected chi connectivity index (χ4v) is 5.78. The zero-order valence-corrected chi connectivity index (χ0v) is 14.5. The molecular formula is C19H25ClN2O. The van der Waals surface area contributed by atoms with E-state index in [2.05, 4.69) is 10.6 Å². The number of anilines is 1. The average Bonchev–Trinajstić information content (AvgIpc) is 2.47. The molecule has 4 saturated carbocycles. The van der Waals surface area contributed by atoms with Crippen molar-refractivity contribution in [3.8, 4) is 0 Å². The van der Waals surface area contributed by atoms with Crippen molar-refractivity contribution >= 4 is 23.2 Å². The van der Waals surface area contributed by atoms with Gasteiger partial charge in [0.1, 0.15) is 0 Å². The van der Waals surface area contributed by atoms with E-state index in [0.29, 0.717) is 11.6 Å². The number of rotatable bonds is 4. The van der Waals surface area contributed by atoms with Crippen molar-refractivity contribution < 1.29 is 4.79 Å². The summed E-state index contributed by atoms with van der Waals surface area (Å²) in [5, 5.41) is 7.35. The second kappa shape index (κ2) is 5.78. The molecule has 2 N–H and O–H groups in total. The summed E-state index contributed by atoms with van der Waals surface area (Å²) in [5.41, 5.74) is 2.09. The first kappa shape index (κ1) is 15.5. The summed E-state index contributed by atoms with van der Waals surface area (Å²) in [6.45, 7) is 2.38. The quantitative estimate of drug-likeness (QED) is 0.869. The van der Waals surface area contributed by atoms with E-state index < -0.39 is 0 Å². The van der Waals surface area contributed by atoms with Crippen LogP contribution in [0.25, 0.3) is 0 Å². The molecule has 0 aromatic heterocycles. The van der Waals surface area contributed by atoms with Gasteiger partial charge in [-0.05, 0) is 87.0 Å². The molecule has 0 radical (unpaired) electrons. The molecule has 0 spiro atoms. The predicted octanol–water partition coefficient (Wildman–Crippen LogP) is 4.15. The Hall–Kier alpha value is -1.06. The first-order chi connectivity index (χ1) is 11.0. The van der Waals surface area contributed by atoms with Crippen LogP contribution in [0.5, 0.6) is 0 Å². The number of benzene rings is 1. The first-order valence-corrected chi connectivity index (χ1v) is 9.20. The van der Waals surface area contributed by atoms with Gasteiger partial charge in [0, 0.05) is 16.2 Å². The maximum atomic E-state index is 12.3. The van der Waals surface area contributed by atoms with Gasteiger partial charge in [0.2, 0.25) is 5.91 Å². The van der Waals surface area contributed by atoms with Crippen molar-refractivity contribution in [2.75, 3.05) is 11.9 Å². The highest BCUT2D eigenvalue weighted by molar-refractivity contribution is 6.30. The normalized spacial score (nSPS) is 34.6. The Labute approximate surface area is 143 Å². The van der Waals surface area contributed by atoms with Crippen LogP contribution >= 0.6 is 11.6 Å². The van der Waals surface area contributed by atoms with Crippen LogP contribution in [-0.2, 0) is 4.79 Å². The Kier molecular flexibility index (Phi) is 3.89. The molecule has 3 nitrogen and oxygen atoms in total. The Balaban J connectivity index is 1.36. The Morgan fingerprint density at radius 1 is 1.17 bits per heavy atom. The van der Waals surface area contributed by atoms with Crippen molar-refractivity contribution in [1.29, 1.82) is 0 Å². The third kappa shape index (κ3) is 3.14. The van der Waals surface area contributed by atoms with E-state index in [1.54, 1.807) is 0 Å². The third-order valence-electron chi connectivity index (χ3n) is 6.12. The highest BCUT2D eigenvalue weighted by atomic mass is 35.5. The Morgan fingerprint density at radius 2 is 1.78 bits per heavy atom. The second-order valence-corrected chi connectivity index (χ2v) is 8.50. The third-order valence-corrected chi connectivity index (χ3v) is 6.36.